The van der Waals surface area contributed by atoms with Gasteiger partial charge in [-0.05, 0) is 60.5 Å². The summed E-state index contributed by atoms with van der Waals surface area (Å²) in [6.45, 7) is 1.83. The number of phenols is 1. The number of halogens is 1. The maximum Gasteiger partial charge on any atom is 0.277 e. The van der Waals surface area contributed by atoms with Crippen molar-refractivity contribution in [3.63, 3.8) is 0 Å². The van der Waals surface area contributed by atoms with Crippen LogP contribution < -0.4 is 10.2 Å². The lowest BCUT2D eigenvalue weighted by Gasteiger charge is -2.07. The van der Waals surface area contributed by atoms with E-state index in [-0.39, 0.29) is 18.3 Å². The first-order valence-electron chi connectivity index (χ1n) is 7.11. The van der Waals surface area contributed by atoms with Gasteiger partial charge in [-0.2, -0.15) is 5.10 Å². The molecular formula is C17H17BrN2O3. The number of aromatic hydroxyl groups is 1. The molecule has 1 amide bonds. The Labute approximate surface area is 143 Å². The van der Waals surface area contributed by atoms with Crippen molar-refractivity contribution < 1.29 is 14.6 Å². The lowest BCUT2D eigenvalue weighted by atomic mass is 10.1. The first-order chi connectivity index (χ1) is 11.1. The number of carbonyl (C=O) groups is 1. The number of rotatable bonds is 6. The molecular weight excluding hydrogens is 360 g/mol. The van der Waals surface area contributed by atoms with Crippen molar-refractivity contribution in [2.75, 3.05) is 6.61 Å². The smallest absolute Gasteiger partial charge is 0.277 e. The fraction of sp³-hybridized carbons (Fsp3) is 0.176. The van der Waals surface area contributed by atoms with Gasteiger partial charge in [-0.25, -0.2) is 5.43 Å². The van der Waals surface area contributed by atoms with E-state index in [1.807, 2.05) is 19.1 Å². The zero-order valence-corrected chi connectivity index (χ0v) is 14.2. The maximum absolute atomic E-state index is 11.8. The molecule has 0 atom stereocenters. The second-order valence-corrected chi connectivity index (χ2v) is 5.65. The van der Waals surface area contributed by atoms with E-state index in [0.717, 1.165) is 15.7 Å². The molecule has 0 radical (unpaired) electrons. The van der Waals surface area contributed by atoms with Gasteiger partial charge >= 0.3 is 0 Å². The Hall–Kier alpha value is -2.34. The SMILES string of the molecule is CC/C(=N\NC(=O)COc1ccc(Br)cc1)c1ccc(O)cc1. The molecule has 0 aromatic heterocycles. The summed E-state index contributed by atoms with van der Waals surface area (Å²) in [5.41, 5.74) is 4.05. The van der Waals surface area contributed by atoms with E-state index in [2.05, 4.69) is 26.5 Å². The molecule has 5 nitrogen and oxygen atoms in total. The third-order valence-electron chi connectivity index (χ3n) is 3.03. The monoisotopic (exact) mass is 376 g/mol. The fourth-order valence-electron chi connectivity index (χ4n) is 1.84. The Morgan fingerprint density at radius 2 is 1.83 bits per heavy atom. The molecule has 0 heterocycles. The molecule has 2 aromatic rings. The van der Waals surface area contributed by atoms with Gasteiger partial charge in [0.25, 0.3) is 5.91 Å². The van der Waals surface area contributed by atoms with Crippen LogP contribution in [0.1, 0.15) is 18.9 Å². The Morgan fingerprint density at radius 3 is 2.43 bits per heavy atom. The van der Waals surface area contributed by atoms with Gasteiger partial charge in [-0.3, -0.25) is 4.79 Å². The average molecular weight is 377 g/mol. The van der Waals surface area contributed by atoms with Crippen LogP contribution >= 0.6 is 15.9 Å². The molecule has 0 bridgehead atoms. The predicted octanol–water partition coefficient (Wildman–Crippen LogP) is 3.46. The number of nitrogens with zero attached hydrogens (tertiary/aromatic N) is 1. The molecule has 0 saturated heterocycles. The van der Waals surface area contributed by atoms with Gasteiger partial charge in [0.15, 0.2) is 6.61 Å². The Balaban J connectivity index is 1.90. The largest absolute Gasteiger partial charge is 0.508 e. The predicted molar refractivity (Wildman–Crippen MR) is 92.7 cm³/mol. The van der Waals surface area contributed by atoms with Crippen molar-refractivity contribution >= 4 is 27.5 Å². The lowest BCUT2D eigenvalue weighted by molar-refractivity contribution is -0.123. The minimum Gasteiger partial charge on any atom is -0.508 e. The van der Waals surface area contributed by atoms with Crippen LogP contribution in [0.25, 0.3) is 0 Å². The summed E-state index contributed by atoms with van der Waals surface area (Å²) in [5, 5.41) is 13.4. The third-order valence-corrected chi connectivity index (χ3v) is 3.56. The number of phenolic OH excluding ortho intramolecular Hbond substituents is 1. The van der Waals surface area contributed by atoms with Gasteiger partial charge in [0.05, 0.1) is 5.71 Å². The molecule has 2 rings (SSSR count). The minimum absolute atomic E-state index is 0.113. The average Bonchev–Trinajstić information content (AvgIpc) is 2.56. The van der Waals surface area contributed by atoms with E-state index in [9.17, 15) is 9.90 Å². The summed E-state index contributed by atoms with van der Waals surface area (Å²) in [6, 6.07) is 13.9. The van der Waals surface area contributed by atoms with E-state index >= 15 is 0 Å². The molecule has 0 spiro atoms. The number of ether oxygens (including phenoxy) is 1. The van der Waals surface area contributed by atoms with Crippen LogP contribution in [0.4, 0.5) is 0 Å². The second-order valence-electron chi connectivity index (χ2n) is 4.74. The first-order valence-corrected chi connectivity index (χ1v) is 7.91. The standard InChI is InChI=1S/C17H17BrN2O3/c1-2-16(12-3-7-14(21)8-4-12)19-20-17(22)11-23-15-9-5-13(18)6-10-15/h3-10,21H,2,11H2,1H3,(H,20,22)/b19-16+. The quantitative estimate of drug-likeness (QED) is 0.598. The molecule has 120 valence electrons. The minimum atomic E-state index is -0.336. The van der Waals surface area contributed by atoms with Gasteiger partial charge in [-0.15, -0.1) is 0 Å². The van der Waals surface area contributed by atoms with Crippen LogP contribution in [0.3, 0.4) is 0 Å². The lowest BCUT2D eigenvalue weighted by Crippen LogP contribution is -2.26. The molecule has 0 fully saturated rings. The molecule has 0 aliphatic rings. The van der Waals surface area contributed by atoms with E-state index in [1.54, 1.807) is 36.4 Å². The highest BCUT2D eigenvalue weighted by atomic mass is 79.9. The molecule has 0 unspecified atom stereocenters. The second kappa shape index (κ2) is 8.33. The summed E-state index contributed by atoms with van der Waals surface area (Å²) in [7, 11) is 0. The van der Waals surface area contributed by atoms with E-state index in [4.69, 9.17) is 4.74 Å². The van der Waals surface area contributed by atoms with Crippen molar-refractivity contribution in [1.29, 1.82) is 0 Å². The van der Waals surface area contributed by atoms with Gasteiger partial charge in [0.1, 0.15) is 11.5 Å². The molecule has 2 N–H and O–H groups in total. The van der Waals surface area contributed by atoms with Crippen LogP contribution in [0.15, 0.2) is 58.1 Å². The van der Waals surface area contributed by atoms with E-state index in [0.29, 0.717) is 12.2 Å². The molecule has 0 saturated carbocycles. The summed E-state index contributed by atoms with van der Waals surface area (Å²) in [4.78, 5) is 11.8. The molecule has 0 aliphatic heterocycles. The van der Waals surface area contributed by atoms with Crippen LogP contribution in [-0.2, 0) is 4.79 Å². The zero-order chi connectivity index (χ0) is 16.7. The topological polar surface area (TPSA) is 70.9 Å². The number of benzene rings is 2. The maximum atomic E-state index is 11.8. The van der Waals surface area contributed by atoms with E-state index in [1.165, 1.54) is 0 Å². The Bertz CT molecular complexity index is 682. The highest BCUT2D eigenvalue weighted by Crippen LogP contribution is 2.16. The van der Waals surface area contributed by atoms with Crippen molar-refractivity contribution in [3.05, 3.63) is 58.6 Å². The van der Waals surface area contributed by atoms with Gasteiger partial charge < -0.3 is 9.84 Å². The number of nitrogens with one attached hydrogen (secondary N) is 1. The number of hydrogen-bond donors (Lipinski definition) is 2. The number of hydrogen-bond acceptors (Lipinski definition) is 4. The zero-order valence-electron chi connectivity index (χ0n) is 12.6. The number of hydrazone groups is 1. The third kappa shape index (κ3) is 5.41. The van der Waals surface area contributed by atoms with Crippen molar-refractivity contribution in [2.45, 2.75) is 13.3 Å². The fourth-order valence-corrected chi connectivity index (χ4v) is 2.11. The van der Waals surface area contributed by atoms with Gasteiger partial charge in [0.2, 0.25) is 0 Å². The number of carbonyl (C=O) groups excluding carboxylic acids is 1. The van der Waals surface area contributed by atoms with E-state index < -0.39 is 0 Å². The van der Waals surface area contributed by atoms with Gasteiger partial charge in [0, 0.05) is 4.47 Å². The molecule has 23 heavy (non-hydrogen) atoms. The van der Waals surface area contributed by atoms with Crippen molar-refractivity contribution in [1.82, 2.24) is 5.43 Å². The summed E-state index contributed by atoms with van der Waals surface area (Å²) in [5.74, 6) is 0.468. The van der Waals surface area contributed by atoms with Crippen LogP contribution in [0.5, 0.6) is 11.5 Å². The highest BCUT2D eigenvalue weighted by Gasteiger charge is 2.05. The molecule has 6 heteroatoms. The Kier molecular flexibility index (Phi) is 6.17. The summed E-state index contributed by atoms with van der Waals surface area (Å²) >= 11 is 3.33. The Morgan fingerprint density at radius 1 is 1.17 bits per heavy atom. The van der Waals surface area contributed by atoms with Crippen LogP contribution in [0, 0.1) is 0 Å². The number of amides is 1. The van der Waals surface area contributed by atoms with Crippen LogP contribution in [-0.4, -0.2) is 23.3 Å². The van der Waals surface area contributed by atoms with Crippen LogP contribution in [0.2, 0.25) is 0 Å². The normalized spacial score (nSPS) is 11.1. The van der Waals surface area contributed by atoms with Crippen molar-refractivity contribution in [2.24, 2.45) is 5.10 Å². The molecule has 0 aliphatic carbocycles. The summed E-state index contributed by atoms with van der Waals surface area (Å²) in [6.07, 6.45) is 0.651. The van der Waals surface area contributed by atoms with Crippen molar-refractivity contribution in [3.8, 4) is 11.5 Å². The van der Waals surface area contributed by atoms with Gasteiger partial charge in [-0.1, -0.05) is 22.9 Å². The first kappa shape index (κ1) is 17.0. The highest BCUT2D eigenvalue weighted by molar-refractivity contribution is 9.10. The molecule has 2 aromatic carbocycles. The summed E-state index contributed by atoms with van der Waals surface area (Å²) < 4.78 is 6.32.